The van der Waals surface area contributed by atoms with Crippen molar-refractivity contribution in [2.24, 2.45) is 0 Å². The first-order valence-corrected chi connectivity index (χ1v) is 10.2. The van der Waals surface area contributed by atoms with Crippen molar-refractivity contribution in [1.82, 2.24) is 9.88 Å². The molecule has 8 heteroatoms. The molecule has 1 amide bonds. The number of rotatable bonds is 7. The lowest BCUT2D eigenvalue weighted by molar-refractivity contribution is -0.908. The molecule has 0 aliphatic carbocycles. The fourth-order valence-corrected chi connectivity index (χ4v) is 4.06. The molecule has 0 unspecified atom stereocenters. The summed E-state index contributed by atoms with van der Waals surface area (Å²) in [7, 11) is 0. The molecule has 2 aromatic heterocycles. The molecule has 158 valence electrons. The Labute approximate surface area is 174 Å². The second kappa shape index (κ2) is 8.81. The Morgan fingerprint density at radius 1 is 1.27 bits per heavy atom. The van der Waals surface area contributed by atoms with Crippen LogP contribution in [0.5, 0.6) is 0 Å². The molecule has 4 heterocycles. The highest BCUT2D eigenvalue weighted by Gasteiger charge is 2.45. The third-order valence-corrected chi connectivity index (χ3v) is 5.61. The van der Waals surface area contributed by atoms with Gasteiger partial charge < -0.3 is 24.1 Å². The number of Topliss-reactive ketones (excluding diaryl/α,β-unsaturated/α-hetero) is 1. The molecule has 0 spiro atoms. The summed E-state index contributed by atoms with van der Waals surface area (Å²) >= 11 is 0. The number of aryl methyl sites for hydroxylation is 1. The van der Waals surface area contributed by atoms with Gasteiger partial charge in [0.05, 0.1) is 31.0 Å². The summed E-state index contributed by atoms with van der Waals surface area (Å²) in [6.07, 6.45) is 2.36. The first-order chi connectivity index (χ1) is 14.6. The van der Waals surface area contributed by atoms with Gasteiger partial charge in [-0.3, -0.25) is 14.6 Å². The average molecular weight is 412 g/mol. The number of hydrogen-bond donors (Lipinski definition) is 2. The summed E-state index contributed by atoms with van der Waals surface area (Å²) in [5.41, 5.74) is 0.562. The lowest BCUT2D eigenvalue weighted by Crippen LogP contribution is -3.14. The van der Waals surface area contributed by atoms with Crippen molar-refractivity contribution in [3.8, 4) is 0 Å². The van der Waals surface area contributed by atoms with E-state index in [1.54, 1.807) is 48.4 Å². The van der Waals surface area contributed by atoms with Gasteiger partial charge in [0.2, 0.25) is 5.78 Å². The second-order valence-corrected chi connectivity index (χ2v) is 7.62. The van der Waals surface area contributed by atoms with E-state index >= 15 is 0 Å². The fourth-order valence-electron chi connectivity index (χ4n) is 4.06. The molecule has 1 atom stereocenters. The molecule has 0 aromatic carbocycles. The Morgan fingerprint density at radius 2 is 2.07 bits per heavy atom. The van der Waals surface area contributed by atoms with E-state index in [2.05, 4.69) is 4.98 Å². The minimum atomic E-state index is -0.740. The van der Waals surface area contributed by atoms with Crippen LogP contribution in [0, 0.1) is 6.92 Å². The lowest BCUT2D eigenvalue weighted by Gasteiger charge is -2.28. The summed E-state index contributed by atoms with van der Waals surface area (Å²) in [5.74, 6) is -0.881. The van der Waals surface area contributed by atoms with E-state index in [1.165, 1.54) is 4.90 Å². The van der Waals surface area contributed by atoms with E-state index in [0.29, 0.717) is 18.0 Å². The molecule has 2 N–H and O–H groups in total. The third kappa shape index (κ3) is 4.01. The number of ketones is 1. The topological polar surface area (TPSA) is 97.3 Å². The van der Waals surface area contributed by atoms with Crippen LogP contribution in [0.25, 0.3) is 0 Å². The molecule has 2 aromatic rings. The number of pyridine rings is 1. The normalized spacial score (nSPS) is 20.2. The quantitative estimate of drug-likeness (QED) is 0.655. The molecular formula is C22H26N3O5+. The molecule has 2 aliphatic rings. The third-order valence-electron chi connectivity index (χ3n) is 5.61. The number of nitrogens with one attached hydrogen (secondary N) is 1. The Kier molecular flexibility index (Phi) is 5.96. The van der Waals surface area contributed by atoms with Gasteiger partial charge in [-0.1, -0.05) is 6.07 Å². The van der Waals surface area contributed by atoms with Crippen molar-refractivity contribution < 1.29 is 28.7 Å². The smallest absolute Gasteiger partial charge is 0.290 e. The predicted octanol–water partition coefficient (Wildman–Crippen LogP) is 0.867. The number of carbonyl (C=O) groups excluding carboxylic acids is 2. The minimum Gasteiger partial charge on any atom is -0.503 e. The van der Waals surface area contributed by atoms with Crippen LogP contribution in [0.3, 0.4) is 0 Å². The monoisotopic (exact) mass is 412 g/mol. The van der Waals surface area contributed by atoms with Gasteiger partial charge in [0.25, 0.3) is 5.91 Å². The van der Waals surface area contributed by atoms with E-state index in [9.17, 15) is 14.7 Å². The molecule has 0 bridgehead atoms. The van der Waals surface area contributed by atoms with E-state index < -0.39 is 23.5 Å². The van der Waals surface area contributed by atoms with Gasteiger partial charge in [-0.25, -0.2) is 0 Å². The molecule has 0 radical (unpaired) electrons. The zero-order valence-corrected chi connectivity index (χ0v) is 17.0. The van der Waals surface area contributed by atoms with Crippen molar-refractivity contribution in [1.29, 1.82) is 0 Å². The highest BCUT2D eigenvalue weighted by molar-refractivity contribution is 6.14. The molecule has 2 aliphatic heterocycles. The molecule has 1 fully saturated rings. The van der Waals surface area contributed by atoms with Gasteiger partial charge in [0.1, 0.15) is 24.9 Å². The number of amides is 1. The number of nitrogens with zero attached hydrogens (tertiary/aromatic N) is 2. The number of aromatic nitrogens is 1. The van der Waals surface area contributed by atoms with Crippen molar-refractivity contribution in [2.45, 2.75) is 19.4 Å². The molecule has 8 nitrogen and oxygen atoms in total. The summed E-state index contributed by atoms with van der Waals surface area (Å²) in [4.78, 5) is 33.4. The fraction of sp³-hybridized carbons (Fsp3) is 0.409. The molecule has 30 heavy (non-hydrogen) atoms. The van der Waals surface area contributed by atoms with Crippen LogP contribution in [-0.2, 0) is 9.53 Å². The molecular weight excluding hydrogens is 386 g/mol. The van der Waals surface area contributed by atoms with Gasteiger partial charge in [0, 0.05) is 19.2 Å². The number of quaternary nitrogens is 1. The van der Waals surface area contributed by atoms with Crippen LogP contribution < -0.4 is 4.90 Å². The van der Waals surface area contributed by atoms with Gasteiger partial charge in [-0.15, -0.1) is 0 Å². The molecule has 4 rings (SSSR count). The first-order valence-electron chi connectivity index (χ1n) is 10.2. The zero-order valence-electron chi connectivity index (χ0n) is 17.0. The highest BCUT2D eigenvalue weighted by Crippen LogP contribution is 2.38. The van der Waals surface area contributed by atoms with Gasteiger partial charge in [0.15, 0.2) is 11.5 Å². The van der Waals surface area contributed by atoms with Gasteiger partial charge in [-0.05, 0) is 31.2 Å². The number of hydrogen-bond acceptors (Lipinski definition) is 6. The maximum absolute atomic E-state index is 13.1. The average Bonchev–Trinajstić information content (AvgIpc) is 3.31. The van der Waals surface area contributed by atoms with Crippen LogP contribution in [0.1, 0.15) is 34.5 Å². The second-order valence-electron chi connectivity index (χ2n) is 7.62. The lowest BCUT2D eigenvalue weighted by atomic mass is 9.98. The number of aliphatic hydroxyl groups is 1. The van der Waals surface area contributed by atoms with Crippen molar-refractivity contribution >= 4 is 11.7 Å². The SMILES string of the molecule is Cc1ccc(C(=O)C2=C(O)C(=O)N(CCC[NH+]3CCOCC3)[C@H]2c2ccccn2)o1. The van der Waals surface area contributed by atoms with Gasteiger partial charge >= 0.3 is 0 Å². The van der Waals surface area contributed by atoms with Crippen LogP contribution in [0.15, 0.2) is 52.3 Å². The predicted molar refractivity (Wildman–Crippen MR) is 107 cm³/mol. The van der Waals surface area contributed by atoms with Crippen LogP contribution in [0.4, 0.5) is 0 Å². The largest absolute Gasteiger partial charge is 0.503 e. The first kappa shape index (κ1) is 20.3. The number of ether oxygens (including phenoxy) is 1. The standard InChI is InChI=1S/C22H25N3O5/c1-15-6-7-17(30-15)20(26)18-19(16-5-2-3-8-23-16)25(22(28)21(18)27)10-4-9-24-11-13-29-14-12-24/h2-3,5-8,19,27H,4,9-14H2,1H3/p+1/t19-/m0/s1. The summed E-state index contributed by atoms with van der Waals surface area (Å²) in [6.45, 7) is 6.44. The molecule has 0 saturated carbocycles. The minimum absolute atomic E-state index is 0.0202. The zero-order chi connectivity index (χ0) is 21.1. The van der Waals surface area contributed by atoms with Crippen molar-refractivity contribution in [3.63, 3.8) is 0 Å². The molecule has 1 saturated heterocycles. The number of furan rings is 1. The Balaban J connectivity index is 1.58. The summed E-state index contributed by atoms with van der Waals surface area (Å²) in [6, 6.07) is 7.83. The summed E-state index contributed by atoms with van der Waals surface area (Å²) in [5, 5.41) is 10.6. The van der Waals surface area contributed by atoms with Crippen LogP contribution in [0.2, 0.25) is 0 Å². The number of morpholine rings is 1. The maximum Gasteiger partial charge on any atom is 0.290 e. The highest BCUT2D eigenvalue weighted by atomic mass is 16.5. The van der Waals surface area contributed by atoms with E-state index in [1.807, 2.05) is 0 Å². The van der Waals surface area contributed by atoms with Gasteiger partial charge in [-0.2, -0.15) is 0 Å². The Hall–Kier alpha value is -2.97. The Bertz CT molecular complexity index is 947. The van der Waals surface area contributed by atoms with Crippen LogP contribution >= 0.6 is 0 Å². The van der Waals surface area contributed by atoms with E-state index in [0.717, 1.165) is 39.3 Å². The maximum atomic E-state index is 13.1. The summed E-state index contributed by atoms with van der Waals surface area (Å²) < 4.78 is 10.9. The van der Waals surface area contributed by atoms with Crippen molar-refractivity contribution in [2.75, 3.05) is 39.4 Å². The van der Waals surface area contributed by atoms with E-state index in [-0.39, 0.29) is 11.3 Å². The van der Waals surface area contributed by atoms with E-state index in [4.69, 9.17) is 9.15 Å². The van der Waals surface area contributed by atoms with Crippen LogP contribution in [-0.4, -0.2) is 66.1 Å². The number of carbonyl (C=O) groups is 2. The Morgan fingerprint density at radius 3 is 2.73 bits per heavy atom. The van der Waals surface area contributed by atoms with Crippen molar-refractivity contribution in [3.05, 3.63) is 65.1 Å². The number of aliphatic hydroxyl groups excluding tert-OH is 1.